The monoisotopic (exact) mass is 206 g/mol. The summed E-state index contributed by atoms with van der Waals surface area (Å²) in [6.07, 6.45) is 0. The van der Waals surface area contributed by atoms with E-state index in [2.05, 4.69) is 29.0 Å². The fourth-order valence-electron chi connectivity index (χ4n) is 1.92. The highest BCUT2D eigenvalue weighted by Gasteiger charge is 2.13. The Morgan fingerprint density at radius 1 is 1.20 bits per heavy atom. The van der Waals surface area contributed by atoms with Crippen LogP contribution in [0, 0.1) is 0 Å². The van der Waals surface area contributed by atoms with Gasteiger partial charge in [0.2, 0.25) is 0 Å². The van der Waals surface area contributed by atoms with E-state index in [0.717, 1.165) is 31.7 Å². The summed E-state index contributed by atoms with van der Waals surface area (Å²) in [7, 11) is 2.15. The highest BCUT2D eigenvalue weighted by Crippen LogP contribution is 2.17. The van der Waals surface area contributed by atoms with E-state index in [1.165, 1.54) is 5.69 Å². The van der Waals surface area contributed by atoms with Crippen LogP contribution >= 0.6 is 0 Å². The van der Waals surface area contributed by atoms with Gasteiger partial charge in [-0.1, -0.05) is 12.1 Å². The van der Waals surface area contributed by atoms with Crippen molar-refractivity contribution in [1.82, 2.24) is 4.90 Å². The van der Waals surface area contributed by atoms with E-state index in [0.29, 0.717) is 0 Å². The minimum absolute atomic E-state index is 0.127. The lowest BCUT2D eigenvalue weighted by molar-refractivity contribution is 0.281. The van der Waals surface area contributed by atoms with E-state index in [4.69, 9.17) is 5.11 Å². The predicted octanol–water partition coefficient (Wildman–Crippen LogP) is 0.931. The van der Waals surface area contributed by atoms with Gasteiger partial charge in [0.05, 0.1) is 6.61 Å². The highest BCUT2D eigenvalue weighted by atomic mass is 16.3. The van der Waals surface area contributed by atoms with Crippen LogP contribution in [0.5, 0.6) is 0 Å². The molecule has 1 fully saturated rings. The smallest absolute Gasteiger partial charge is 0.0682 e. The second kappa shape index (κ2) is 4.64. The van der Waals surface area contributed by atoms with Gasteiger partial charge in [-0.25, -0.2) is 0 Å². The lowest BCUT2D eigenvalue weighted by Crippen LogP contribution is -2.44. The van der Waals surface area contributed by atoms with E-state index in [1.54, 1.807) is 0 Å². The van der Waals surface area contributed by atoms with Gasteiger partial charge < -0.3 is 14.9 Å². The lowest BCUT2D eigenvalue weighted by atomic mass is 10.2. The standard InChI is InChI=1S/C12H18N2O/c1-13-5-7-14(8-6-13)12-4-2-3-11(9-12)10-15/h2-4,9,15H,5-8,10H2,1H3. The zero-order chi connectivity index (χ0) is 10.7. The molecule has 0 aromatic heterocycles. The average molecular weight is 206 g/mol. The maximum Gasteiger partial charge on any atom is 0.0682 e. The van der Waals surface area contributed by atoms with Crippen molar-refractivity contribution in [3.63, 3.8) is 0 Å². The Balaban J connectivity index is 2.08. The van der Waals surface area contributed by atoms with Crippen molar-refractivity contribution < 1.29 is 5.11 Å². The van der Waals surface area contributed by atoms with Crippen LogP contribution in [-0.2, 0) is 6.61 Å². The van der Waals surface area contributed by atoms with Gasteiger partial charge in [-0.15, -0.1) is 0 Å². The van der Waals surface area contributed by atoms with Crippen LogP contribution in [-0.4, -0.2) is 43.2 Å². The summed E-state index contributed by atoms with van der Waals surface area (Å²) in [6, 6.07) is 8.16. The molecule has 0 unspecified atom stereocenters. The molecule has 1 aromatic carbocycles. The van der Waals surface area contributed by atoms with Crippen molar-refractivity contribution in [2.24, 2.45) is 0 Å². The molecule has 1 aliphatic rings. The third kappa shape index (κ3) is 2.49. The van der Waals surface area contributed by atoms with Crippen LogP contribution in [0.3, 0.4) is 0 Å². The van der Waals surface area contributed by atoms with Crippen molar-refractivity contribution in [3.8, 4) is 0 Å². The molecule has 1 heterocycles. The van der Waals surface area contributed by atoms with Crippen LogP contribution in [0.25, 0.3) is 0 Å². The van der Waals surface area contributed by atoms with Gasteiger partial charge in [-0.3, -0.25) is 0 Å². The van der Waals surface area contributed by atoms with Gasteiger partial charge >= 0.3 is 0 Å². The molecule has 15 heavy (non-hydrogen) atoms. The lowest BCUT2D eigenvalue weighted by Gasteiger charge is -2.34. The summed E-state index contributed by atoms with van der Waals surface area (Å²) in [5.74, 6) is 0. The number of rotatable bonds is 2. The Morgan fingerprint density at radius 3 is 2.60 bits per heavy atom. The molecule has 0 bridgehead atoms. The number of likely N-dealkylation sites (N-methyl/N-ethyl adjacent to an activating group) is 1. The van der Waals surface area contributed by atoms with Crippen molar-refractivity contribution in [2.45, 2.75) is 6.61 Å². The van der Waals surface area contributed by atoms with Crippen LogP contribution in [0.1, 0.15) is 5.56 Å². The molecule has 0 saturated carbocycles. The van der Waals surface area contributed by atoms with Gasteiger partial charge in [-0.05, 0) is 24.7 Å². The quantitative estimate of drug-likeness (QED) is 0.780. The van der Waals surface area contributed by atoms with Crippen LogP contribution in [0.15, 0.2) is 24.3 Å². The largest absolute Gasteiger partial charge is 0.392 e. The van der Waals surface area contributed by atoms with Crippen LogP contribution in [0.4, 0.5) is 5.69 Å². The van der Waals surface area contributed by atoms with Gasteiger partial charge in [-0.2, -0.15) is 0 Å². The molecular weight excluding hydrogens is 188 g/mol. The van der Waals surface area contributed by atoms with Crippen molar-refractivity contribution in [2.75, 3.05) is 38.1 Å². The first kappa shape index (κ1) is 10.5. The molecular formula is C12H18N2O. The molecule has 2 rings (SSSR count). The van der Waals surface area contributed by atoms with E-state index in [-0.39, 0.29) is 6.61 Å². The van der Waals surface area contributed by atoms with Crippen molar-refractivity contribution in [3.05, 3.63) is 29.8 Å². The Bertz CT molecular complexity index is 319. The van der Waals surface area contributed by atoms with Gasteiger partial charge in [0.25, 0.3) is 0 Å². The number of piperazine rings is 1. The zero-order valence-electron chi connectivity index (χ0n) is 9.19. The molecule has 0 spiro atoms. The average Bonchev–Trinajstić information content (AvgIpc) is 2.30. The summed E-state index contributed by atoms with van der Waals surface area (Å²) >= 11 is 0. The molecule has 1 aromatic rings. The Labute approximate surface area is 90.9 Å². The Morgan fingerprint density at radius 2 is 1.93 bits per heavy atom. The third-order valence-electron chi connectivity index (χ3n) is 2.96. The van der Waals surface area contributed by atoms with E-state index in [9.17, 15) is 0 Å². The maximum atomic E-state index is 9.08. The zero-order valence-corrected chi connectivity index (χ0v) is 9.19. The Hall–Kier alpha value is -1.06. The second-order valence-electron chi connectivity index (χ2n) is 4.12. The van der Waals surface area contributed by atoms with E-state index >= 15 is 0 Å². The predicted molar refractivity (Wildman–Crippen MR) is 62.1 cm³/mol. The molecule has 82 valence electrons. The molecule has 0 aliphatic carbocycles. The van der Waals surface area contributed by atoms with Crippen LogP contribution in [0.2, 0.25) is 0 Å². The summed E-state index contributed by atoms with van der Waals surface area (Å²) < 4.78 is 0. The molecule has 0 radical (unpaired) electrons. The number of hydrogen-bond donors (Lipinski definition) is 1. The molecule has 1 aliphatic heterocycles. The van der Waals surface area contributed by atoms with Gasteiger partial charge in [0.1, 0.15) is 0 Å². The summed E-state index contributed by atoms with van der Waals surface area (Å²) in [5, 5.41) is 9.08. The number of anilines is 1. The second-order valence-corrected chi connectivity index (χ2v) is 4.12. The molecule has 3 nitrogen and oxygen atoms in total. The summed E-state index contributed by atoms with van der Waals surface area (Å²) in [5.41, 5.74) is 2.22. The number of hydrogen-bond acceptors (Lipinski definition) is 3. The SMILES string of the molecule is CN1CCN(c2cccc(CO)c2)CC1. The third-order valence-corrected chi connectivity index (χ3v) is 2.96. The fourth-order valence-corrected chi connectivity index (χ4v) is 1.92. The van der Waals surface area contributed by atoms with Crippen molar-refractivity contribution in [1.29, 1.82) is 0 Å². The highest BCUT2D eigenvalue weighted by molar-refractivity contribution is 5.48. The normalized spacial score (nSPS) is 18.1. The molecule has 1 saturated heterocycles. The fraction of sp³-hybridized carbons (Fsp3) is 0.500. The number of benzene rings is 1. The van der Waals surface area contributed by atoms with Gasteiger partial charge in [0, 0.05) is 31.9 Å². The molecule has 0 atom stereocenters. The number of aliphatic hydroxyl groups is 1. The molecule has 1 N–H and O–H groups in total. The Kier molecular flexibility index (Phi) is 3.23. The first-order valence-corrected chi connectivity index (χ1v) is 5.43. The van der Waals surface area contributed by atoms with E-state index in [1.807, 2.05) is 12.1 Å². The first-order chi connectivity index (χ1) is 7.29. The maximum absolute atomic E-state index is 9.08. The minimum atomic E-state index is 0.127. The van der Waals surface area contributed by atoms with E-state index < -0.39 is 0 Å². The number of aliphatic hydroxyl groups excluding tert-OH is 1. The molecule has 3 heteroatoms. The minimum Gasteiger partial charge on any atom is -0.392 e. The first-order valence-electron chi connectivity index (χ1n) is 5.43. The van der Waals surface area contributed by atoms with Crippen molar-refractivity contribution >= 4 is 5.69 Å². The molecule has 0 amide bonds. The summed E-state index contributed by atoms with van der Waals surface area (Å²) in [6.45, 7) is 4.51. The topological polar surface area (TPSA) is 26.7 Å². The number of nitrogens with zero attached hydrogens (tertiary/aromatic N) is 2. The summed E-state index contributed by atoms with van der Waals surface area (Å²) in [4.78, 5) is 4.71. The van der Waals surface area contributed by atoms with Gasteiger partial charge in [0.15, 0.2) is 0 Å². The van der Waals surface area contributed by atoms with Crippen LogP contribution < -0.4 is 4.90 Å².